The number of halogens is 1. The molecule has 9 heteroatoms. The van der Waals surface area contributed by atoms with Gasteiger partial charge in [-0.1, -0.05) is 0 Å². The third-order valence-electron chi connectivity index (χ3n) is 2.06. The normalized spacial score (nSPS) is 10.3. The molecule has 2 aromatic heterocycles. The molecule has 0 aliphatic heterocycles. The summed E-state index contributed by atoms with van der Waals surface area (Å²) in [7, 11) is 1.41. The van der Waals surface area contributed by atoms with Crippen LogP contribution >= 0.6 is 11.6 Å². The molecule has 19 heavy (non-hydrogen) atoms. The van der Waals surface area contributed by atoms with Crippen molar-refractivity contribution < 1.29 is 14.3 Å². The second-order valence-electron chi connectivity index (χ2n) is 3.29. The summed E-state index contributed by atoms with van der Waals surface area (Å²) >= 11 is 5.72. The van der Waals surface area contributed by atoms with Crippen LogP contribution < -0.4 is 4.74 Å². The van der Waals surface area contributed by atoms with E-state index in [1.54, 1.807) is 6.92 Å². The number of esters is 1. The van der Waals surface area contributed by atoms with E-state index in [-0.39, 0.29) is 29.4 Å². The molecule has 0 saturated carbocycles. The van der Waals surface area contributed by atoms with Gasteiger partial charge in [-0.2, -0.15) is 20.1 Å². The largest absolute Gasteiger partial charge is 0.467 e. The van der Waals surface area contributed by atoms with E-state index in [1.165, 1.54) is 24.2 Å². The van der Waals surface area contributed by atoms with Crippen molar-refractivity contribution in [1.82, 2.24) is 24.7 Å². The fourth-order valence-electron chi connectivity index (χ4n) is 1.27. The summed E-state index contributed by atoms with van der Waals surface area (Å²) in [6.07, 6.45) is 2.78. The molecule has 0 amide bonds. The van der Waals surface area contributed by atoms with Crippen LogP contribution in [0.4, 0.5) is 0 Å². The predicted octanol–water partition coefficient (Wildman–Crippen LogP) is 0.896. The minimum atomic E-state index is -0.471. The first-order valence-electron chi connectivity index (χ1n) is 5.31. The van der Waals surface area contributed by atoms with Gasteiger partial charge in [0.05, 0.1) is 25.5 Å². The summed E-state index contributed by atoms with van der Waals surface area (Å²) < 4.78 is 11.0. The van der Waals surface area contributed by atoms with Crippen LogP contribution in [0.5, 0.6) is 6.01 Å². The van der Waals surface area contributed by atoms with Crippen LogP contribution in [-0.4, -0.2) is 44.4 Å². The smallest absolute Gasteiger partial charge is 0.341 e. The lowest BCUT2D eigenvalue weighted by Crippen LogP contribution is -2.06. The fourth-order valence-corrected chi connectivity index (χ4v) is 1.42. The van der Waals surface area contributed by atoms with Crippen LogP contribution in [0.3, 0.4) is 0 Å². The Morgan fingerprint density at radius 1 is 1.42 bits per heavy atom. The first-order chi connectivity index (χ1) is 9.13. The molecule has 0 fully saturated rings. The molecule has 2 rings (SSSR count). The molecule has 0 N–H and O–H groups in total. The second-order valence-corrected chi connectivity index (χ2v) is 3.62. The number of nitrogens with zero attached hydrogens (tertiary/aromatic N) is 5. The van der Waals surface area contributed by atoms with E-state index < -0.39 is 5.97 Å². The van der Waals surface area contributed by atoms with E-state index in [0.717, 1.165) is 0 Å². The number of carbonyl (C=O) groups excluding carboxylic acids is 1. The third-order valence-corrected chi connectivity index (χ3v) is 2.23. The number of rotatable bonds is 4. The van der Waals surface area contributed by atoms with Gasteiger partial charge in [0.1, 0.15) is 0 Å². The predicted molar refractivity (Wildman–Crippen MR) is 64.5 cm³/mol. The summed E-state index contributed by atoms with van der Waals surface area (Å²) in [6.45, 7) is 2.01. The first-order valence-corrected chi connectivity index (χ1v) is 5.69. The highest BCUT2D eigenvalue weighted by atomic mass is 35.5. The van der Waals surface area contributed by atoms with Gasteiger partial charge in [0.2, 0.25) is 5.28 Å². The van der Waals surface area contributed by atoms with Crippen LogP contribution in [0.15, 0.2) is 12.4 Å². The molecule has 8 nitrogen and oxygen atoms in total. The molecule has 100 valence electrons. The molecule has 0 spiro atoms. The van der Waals surface area contributed by atoms with Gasteiger partial charge in [-0.15, -0.1) is 0 Å². The maximum atomic E-state index is 11.5. The Kier molecular flexibility index (Phi) is 3.91. The van der Waals surface area contributed by atoms with Crippen molar-refractivity contribution in [2.24, 2.45) is 0 Å². The molecule has 0 radical (unpaired) electrons. The molecule has 0 atom stereocenters. The minimum Gasteiger partial charge on any atom is -0.467 e. The highest BCUT2D eigenvalue weighted by Gasteiger charge is 2.13. The van der Waals surface area contributed by atoms with Crippen molar-refractivity contribution in [3.05, 3.63) is 23.2 Å². The molecule has 0 aliphatic rings. The number of hydrogen-bond donors (Lipinski definition) is 0. The fraction of sp³-hybridized carbons (Fsp3) is 0.300. The summed E-state index contributed by atoms with van der Waals surface area (Å²) in [5.41, 5.74) is 0.289. The number of methoxy groups -OCH3 is 1. The minimum absolute atomic E-state index is 0.0324. The quantitative estimate of drug-likeness (QED) is 0.770. The average molecular weight is 284 g/mol. The number of hydrogen-bond acceptors (Lipinski definition) is 7. The molecular formula is C10H10ClN5O3. The molecule has 0 unspecified atom stereocenters. The van der Waals surface area contributed by atoms with Gasteiger partial charge < -0.3 is 9.47 Å². The number of carbonyl (C=O) groups is 1. The van der Waals surface area contributed by atoms with Gasteiger partial charge in [-0.25, -0.2) is 9.48 Å². The van der Waals surface area contributed by atoms with Crippen LogP contribution in [0.1, 0.15) is 17.3 Å². The molecule has 0 saturated heterocycles. The van der Waals surface area contributed by atoms with E-state index in [0.29, 0.717) is 0 Å². The highest BCUT2D eigenvalue weighted by molar-refractivity contribution is 6.28. The Morgan fingerprint density at radius 2 is 2.21 bits per heavy atom. The lowest BCUT2D eigenvalue weighted by molar-refractivity contribution is 0.0526. The van der Waals surface area contributed by atoms with Crippen molar-refractivity contribution in [3.8, 4) is 12.0 Å². The van der Waals surface area contributed by atoms with Gasteiger partial charge in [0.25, 0.3) is 5.95 Å². The maximum absolute atomic E-state index is 11.5. The third kappa shape index (κ3) is 2.97. The Hall–Kier alpha value is -2.22. The lowest BCUT2D eigenvalue weighted by Gasteiger charge is -2.02. The van der Waals surface area contributed by atoms with E-state index in [4.69, 9.17) is 21.1 Å². The van der Waals surface area contributed by atoms with E-state index in [9.17, 15) is 4.79 Å². The zero-order valence-electron chi connectivity index (χ0n) is 10.2. The Labute approximate surface area is 113 Å². The Morgan fingerprint density at radius 3 is 2.89 bits per heavy atom. The average Bonchev–Trinajstić information content (AvgIpc) is 2.88. The zero-order valence-corrected chi connectivity index (χ0v) is 11.0. The lowest BCUT2D eigenvalue weighted by atomic mass is 10.4. The van der Waals surface area contributed by atoms with E-state index in [2.05, 4.69) is 20.1 Å². The molecule has 2 heterocycles. The van der Waals surface area contributed by atoms with E-state index in [1.807, 2.05) is 0 Å². The monoisotopic (exact) mass is 283 g/mol. The maximum Gasteiger partial charge on any atom is 0.341 e. The summed E-state index contributed by atoms with van der Waals surface area (Å²) in [6, 6.07) is 0.0585. The Balaban J connectivity index is 2.32. The first kappa shape index (κ1) is 13.2. The van der Waals surface area contributed by atoms with E-state index >= 15 is 0 Å². The molecule has 2 aromatic rings. The Bertz CT molecular complexity index is 601. The molecule has 0 aliphatic carbocycles. The number of aromatic nitrogens is 5. The molecular weight excluding hydrogens is 274 g/mol. The standard InChI is InChI=1S/C10H10ClN5O3/c1-3-19-7(17)6-4-12-16(5-6)9-13-8(11)14-10(15-9)18-2/h4-5H,3H2,1-2H3. The van der Waals surface area contributed by atoms with Crippen molar-refractivity contribution >= 4 is 17.6 Å². The summed E-state index contributed by atoms with van der Waals surface area (Å²) in [4.78, 5) is 23.1. The van der Waals surface area contributed by atoms with Gasteiger partial charge in [0.15, 0.2) is 0 Å². The molecule has 0 aromatic carbocycles. The highest BCUT2D eigenvalue weighted by Crippen LogP contribution is 2.11. The van der Waals surface area contributed by atoms with Crippen molar-refractivity contribution in [2.45, 2.75) is 6.92 Å². The van der Waals surface area contributed by atoms with Gasteiger partial charge in [-0.3, -0.25) is 0 Å². The van der Waals surface area contributed by atoms with Crippen LogP contribution in [0, 0.1) is 0 Å². The van der Waals surface area contributed by atoms with Crippen molar-refractivity contribution in [2.75, 3.05) is 13.7 Å². The topological polar surface area (TPSA) is 92.0 Å². The van der Waals surface area contributed by atoms with Gasteiger partial charge in [-0.05, 0) is 18.5 Å². The van der Waals surface area contributed by atoms with Crippen LogP contribution in [0.2, 0.25) is 5.28 Å². The van der Waals surface area contributed by atoms with Crippen LogP contribution in [0.25, 0.3) is 5.95 Å². The molecule has 0 bridgehead atoms. The van der Waals surface area contributed by atoms with Crippen LogP contribution in [-0.2, 0) is 4.74 Å². The second kappa shape index (κ2) is 5.61. The zero-order chi connectivity index (χ0) is 13.8. The summed E-state index contributed by atoms with van der Waals surface area (Å²) in [5, 5.41) is 3.92. The summed E-state index contributed by atoms with van der Waals surface area (Å²) in [5.74, 6) is -0.326. The number of ether oxygens (including phenoxy) is 2. The van der Waals surface area contributed by atoms with Gasteiger partial charge in [0, 0.05) is 6.20 Å². The van der Waals surface area contributed by atoms with Crippen molar-refractivity contribution in [3.63, 3.8) is 0 Å². The van der Waals surface area contributed by atoms with Gasteiger partial charge >= 0.3 is 12.0 Å². The van der Waals surface area contributed by atoms with Crippen molar-refractivity contribution in [1.29, 1.82) is 0 Å². The SMILES string of the molecule is CCOC(=O)c1cnn(-c2nc(Cl)nc(OC)n2)c1.